The predicted octanol–water partition coefficient (Wildman–Crippen LogP) is 2.61. The van der Waals surface area contributed by atoms with Gasteiger partial charge in [-0.05, 0) is 36.2 Å². The maximum Gasteiger partial charge on any atom is 0.238 e. The molecule has 1 aliphatic rings. The van der Waals surface area contributed by atoms with Crippen LogP contribution in [0.15, 0.2) is 48.5 Å². The summed E-state index contributed by atoms with van der Waals surface area (Å²) in [4.78, 5) is 11.5. The molecule has 0 spiro atoms. The third-order valence-electron chi connectivity index (χ3n) is 3.94. The molecule has 1 heterocycles. The summed E-state index contributed by atoms with van der Waals surface area (Å²) in [5.41, 5.74) is 0.751. The lowest BCUT2D eigenvalue weighted by atomic mass is 10.2. The van der Waals surface area contributed by atoms with Gasteiger partial charge in [0.05, 0.1) is 6.04 Å². The van der Waals surface area contributed by atoms with Crippen molar-refractivity contribution < 1.29 is 18.7 Å². The molecule has 132 valence electrons. The standard InChI is InChI=1S/C19H21FN2O3/c1-13(24-15-5-3-2-4-6-15)25-18-8-7-14(11-16(18)20)12-22-17-9-10-21-19(17)23/h2-8,11,13,17,22H,9-10,12H2,1H3,(H,21,23). The number of halogens is 1. The summed E-state index contributed by atoms with van der Waals surface area (Å²) in [5, 5.41) is 5.88. The first-order chi connectivity index (χ1) is 12.1. The molecular weight excluding hydrogens is 323 g/mol. The predicted molar refractivity (Wildman–Crippen MR) is 91.8 cm³/mol. The zero-order valence-corrected chi connectivity index (χ0v) is 14.0. The number of ether oxygens (including phenoxy) is 2. The van der Waals surface area contributed by atoms with Crippen molar-refractivity contribution in [2.45, 2.75) is 32.2 Å². The second kappa shape index (κ2) is 7.98. The van der Waals surface area contributed by atoms with Crippen molar-refractivity contribution in [3.63, 3.8) is 0 Å². The number of hydrogen-bond donors (Lipinski definition) is 2. The molecule has 2 atom stereocenters. The number of para-hydroxylation sites is 1. The Balaban J connectivity index is 1.55. The molecule has 0 aromatic heterocycles. The monoisotopic (exact) mass is 344 g/mol. The highest BCUT2D eigenvalue weighted by atomic mass is 19.1. The van der Waals surface area contributed by atoms with Crippen LogP contribution in [0.1, 0.15) is 18.9 Å². The molecule has 1 amide bonds. The summed E-state index contributed by atoms with van der Waals surface area (Å²) in [6.07, 6.45) is 0.125. The molecular formula is C19H21FN2O3. The van der Waals surface area contributed by atoms with Crippen LogP contribution in [-0.2, 0) is 11.3 Å². The average Bonchev–Trinajstić information content (AvgIpc) is 3.01. The zero-order chi connectivity index (χ0) is 17.6. The highest BCUT2D eigenvalue weighted by Crippen LogP contribution is 2.21. The topological polar surface area (TPSA) is 59.6 Å². The first kappa shape index (κ1) is 17.2. The molecule has 0 bridgehead atoms. The molecule has 1 fully saturated rings. The lowest BCUT2D eigenvalue weighted by molar-refractivity contribution is -0.120. The van der Waals surface area contributed by atoms with Gasteiger partial charge in [0, 0.05) is 20.0 Å². The van der Waals surface area contributed by atoms with Crippen LogP contribution in [0.2, 0.25) is 0 Å². The van der Waals surface area contributed by atoms with Crippen LogP contribution >= 0.6 is 0 Å². The van der Waals surface area contributed by atoms with Crippen molar-refractivity contribution in [2.75, 3.05) is 6.54 Å². The minimum Gasteiger partial charge on any atom is -0.455 e. The highest BCUT2D eigenvalue weighted by molar-refractivity contribution is 5.83. The quantitative estimate of drug-likeness (QED) is 0.758. The zero-order valence-electron chi connectivity index (χ0n) is 14.0. The van der Waals surface area contributed by atoms with E-state index in [1.54, 1.807) is 19.1 Å². The Kier molecular flexibility index (Phi) is 5.50. The molecule has 1 saturated heterocycles. The van der Waals surface area contributed by atoms with Crippen LogP contribution in [0.5, 0.6) is 11.5 Å². The van der Waals surface area contributed by atoms with E-state index < -0.39 is 12.1 Å². The molecule has 0 radical (unpaired) electrons. The van der Waals surface area contributed by atoms with Crippen molar-refractivity contribution in [3.05, 3.63) is 59.9 Å². The van der Waals surface area contributed by atoms with Gasteiger partial charge in [0.15, 0.2) is 11.6 Å². The van der Waals surface area contributed by atoms with Crippen molar-refractivity contribution in [1.82, 2.24) is 10.6 Å². The Morgan fingerprint density at radius 2 is 2.04 bits per heavy atom. The highest BCUT2D eigenvalue weighted by Gasteiger charge is 2.23. The molecule has 0 saturated carbocycles. The van der Waals surface area contributed by atoms with E-state index in [2.05, 4.69) is 10.6 Å². The molecule has 25 heavy (non-hydrogen) atoms. The van der Waals surface area contributed by atoms with Crippen LogP contribution in [0.25, 0.3) is 0 Å². The summed E-state index contributed by atoms with van der Waals surface area (Å²) in [6, 6.07) is 13.8. The number of benzene rings is 2. The van der Waals surface area contributed by atoms with E-state index in [-0.39, 0.29) is 17.7 Å². The van der Waals surface area contributed by atoms with Gasteiger partial charge in [0.2, 0.25) is 12.2 Å². The number of carbonyl (C=O) groups excluding carboxylic acids is 1. The SMILES string of the molecule is CC(Oc1ccccc1)Oc1ccc(CNC2CCNC2=O)cc1F. The smallest absolute Gasteiger partial charge is 0.238 e. The van der Waals surface area contributed by atoms with E-state index in [0.29, 0.717) is 18.8 Å². The first-order valence-corrected chi connectivity index (χ1v) is 8.30. The number of hydrogen-bond acceptors (Lipinski definition) is 4. The third kappa shape index (κ3) is 4.70. The van der Waals surface area contributed by atoms with Gasteiger partial charge in [0.25, 0.3) is 0 Å². The summed E-state index contributed by atoms with van der Waals surface area (Å²) in [7, 11) is 0. The van der Waals surface area contributed by atoms with Crippen molar-refractivity contribution >= 4 is 5.91 Å². The van der Waals surface area contributed by atoms with Gasteiger partial charge in [-0.3, -0.25) is 4.79 Å². The number of amides is 1. The lowest BCUT2D eigenvalue weighted by Crippen LogP contribution is -2.35. The largest absolute Gasteiger partial charge is 0.455 e. The molecule has 2 unspecified atom stereocenters. The second-order valence-corrected chi connectivity index (χ2v) is 5.89. The van der Waals surface area contributed by atoms with Gasteiger partial charge in [-0.2, -0.15) is 0 Å². The molecule has 2 N–H and O–H groups in total. The average molecular weight is 344 g/mol. The fraction of sp³-hybridized carbons (Fsp3) is 0.316. The maximum absolute atomic E-state index is 14.2. The van der Waals surface area contributed by atoms with Crippen molar-refractivity contribution in [3.8, 4) is 11.5 Å². The van der Waals surface area contributed by atoms with E-state index in [1.165, 1.54) is 6.07 Å². The van der Waals surface area contributed by atoms with E-state index in [4.69, 9.17) is 9.47 Å². The van der Waals surface area contributed by atoms with Gasteiger partial charge >= 0.3 is 0 Å². The maximum atomic E-state index is 14.2. The van der Waals surface area contributed by atoms with Gasteiger partial charge in [-0.1, -0.05) is 24.3 Å². The van der Waals surface area contributed by atoms with E-state index in [9.17, 15) is 9.18 Å². The van der Waals surface area contributed by atoms with Crippen LogP contribution in [0, 0.1) is 5.82 Å². The summed E-state index contributed by atoms with van der Waals surface area (Å²) in [6.45, 7) is 2.81. The van der Waals surface area contributed by atoms with E-state index >= 15 is 0 Å². The van der Waals surface area contributed by atoms with Crippen LogP contribution in [0.3, 0.4) is 0 Å². The minimum absolute atomic E-state index is 0.00712. The molecule has 1 aliphatic heterocycles. The van der Waals surface area contributed by atoms with Crippen molar-refractivity contribution in [1.29, 1.82) is 0 Å². The van der Waals surface area contributed by atoms with Gasteiger partial charge in [-0.25, -0.2) is 4.39 Å². The first-order valence-electron chi connectivity index (χ1n) is 8.30. The van der Waals surface area contributed by atoms with Crippen molar-refractivity contribution in [2.24, 2.45) is 0 Å². The van der Waals surface area contributed by atoms with Crippen LogP contribution < -0.4 is 20.1 Å². The second-order valence-electron chi connectivity index (χ2n) is 5.89. The van der Waals surface area contributed by atoms with E-state index in [1.807, 2.05) is 30.3 Å². The fourth-order valence-electron chi connectivity index (χ4n) is 2.67. The van der Waals surface area contributed by atoms with Crippen LogP contribution in [-0.4, -0.2) is 24.8 Å². The Labute approximate surface area is 146 Å². The van der Waals surface area contributed by atoms with Crippen LogP contribution in [0.4, 0.5) is 4.39 Å². The summed E-state index contributed by atoms with van der Waals surface area (Å²) in [5.74, 6) is 0.322. The third-order valence-corrected chi connectivity index (χ3v) is 3.94. The minimum atomic E-state index is -0.622. The lowest BCUT2D eigenvalue weighted by Gasteiger charge is -2.17. The number of nitrogens with one attached hydrogen (secondary N) is 2. The van der Waals surface area contributed by atoms with Gasteiger partial charge in [-0.15, -0.1) is 0 Å². The molecule has 2 aromatic rings. The number of rotatable bonds is 7. The summed E-state index contributed by atoms with van der Waals surface area (Å²) < 4.78 is 25.3. The Morgan fingerprint density at radius 3 is 2.72 bits per heavy atom. The van der Waals surface area contributed by atoms with E-state index in [0.717, 1.165) is 12.0 Å². The molecule has 5 nitrogen and oxygen atoms in total. The molecule has 0 aliphatic carbocycles. The number of carbonyl (C=O) groups is 1. The molecule has 6 heteroatoms. The summed E-state index contributed by atoms with van der Waals surface area (Å²) >= 11 is 0. The molecule has 3 rings (SSSR count). The Hall–Kier alpha value is -2.60. The van der Waals surface area contributed by atoms with Gasteiger partial charge in [0.1, 0.15) is 5.75 Å². The normalized spacial score (nSPS) is 17.8. The molecule has 2 aromatic carbocycles. The van der Waals surface area contributed by atoms with Gasteiger partial charge < -0.3 is 20.1 Å². The Morgan fingerprint density at radius 1 is 1.24 bits per heavy atom. The Bertz CT molecular complexity index is 724. The fourth-order valence-corrected chi connectivity index (χ4v) is 2.67.